The Morgan fingerprint density at radius 1 is 1.44 bits per heavy atom. The number of anilines is 1. The van der Waals surface area contributed by atoms with Crippen molar-refractivity contribution >= 4 is 29.1 Å². The predicted octanol–water partition coefficient (Wildman–Crippen LogP) is 3.70. The van der Waals surface area contributed by atoms with Crippen LogP contribution in [-0.2, 0) is 0 Å². The van der Waals surface area contributed by atoms with E-state index in [4.69, 9.17) is 32.9 Å². The molecule has 0 fully saturated rings. The third kappa shape index (κ3) is 2.13. The van der Waals surface area contributed by atoms with Gasteiger partial charge in [0, 0.05) is 7.05 Å². The van der Waals surface area contributed by atoms with Crippen LogP contribution in [-0.4, -0.2) is 12.0 Å². The number of oxazole rings is 1. The fourth-order valence-electron chi connectivity index (χ4n) is 1.39. The minimum atomic E-state index is -0.567. The maximum atomic E-state index is 13.3. The van der Waals surface area contributed by atoms with E-state index in [9.17, 15) is 4.39 Å². The van der Waals surface area contributed by atoms with Gasteiger partial charge in [0.1, 0.15) is 11.9 Å². The molecule has 92 valence electrons. The van der Waals surface area contributed by atoms with Crippen LogP contribution in [0, 0.1) is 17.1 Å². The quantitative estimate of drug-likeness (QED) is 0.855. The lowest BCUT2D eigenvalue weighted by molar-refractivity contribution is 0.586. The number of hydrogen-bond donors (Lipinski definition) is 1. The highest BCUT2D eigenvalue weighted by Crippen LogP contribution is 2.35. The smallest absolute Gasteiger partial charge is 0.232 e. The molecule has 4 nitrogen and oxygen atoms in total. The number of nitriles is 1. The van der Waals surface area contributed by atoms with Crippen LogP contribution in [0.2, 0.25) is 10.0 Å². The van der Waals surface area contributed by atoms with Crippen molar-refractivity contribution in [1.82, 2.24) is 4.98 Å². The Morgan fingerprint density at radius 2 is 2.17 bits per heavy atom. The highest BCUT2D eigenvalue weighted by Gasteiger charge is 2.18. The van der Waals surface area contributed by atoms with Gasteiger partial charge in [-0.1, -0.05) is 23.2 Å². The number of nitrogens with one attached hydrogen (secondary N) is 1. The standard InChI is InChI=1S/C11H6Cl2FN3O/c1-16-11-8(4-15)17-10(18-11)6-2-5(14)3-7(12)9(6)13/h2-3,16H,1H3. The van der Waals surface area contributed by atoms with E-state index >= 15 is 0 Å². The van der Waals surface area contributed by atoms with Gasteiger partial charge in [0.2, 0.25) is 17.5 Å². The molecule has 18 heavy (non-hydrogen) atoms. The van der Waals surface area contributed by atoms with E-state index in [0.717, 1.165) is 12.1 Å². The first-order chi connectivity index (χ1) is 8.56. The minimum absolute atomic E-state index is 0.0299. The lowest BCUT2D eigenvalue weighted by Crippen LogP contribution is -1.87. The normalized spacial score (nSPS) is 10.2. The summed E-state index contributed by atoms with van der Waals surface area (Å²) in [5.41, 5.74) is 0.253. The lowest BCUT2D eigenvalue weighted by atomic mass is 10.2. The molecule has 1 heterocycles. The third-order valence-corrected chi connectivity index (χ3v) is 2.99. The summed E-state index contributed by atoms with van der Waals surface area (Å²) in [5, 5.41) is 11.7. The first-order valence-electron chi connectivity index (χ1n) is 4.80. The molecule has 0 atom stereocenters. The van der Waals surface area contributed by atoms with Gasteiger partial charge >= 0.3 is 0 Å². The van der Waals surface area contributed by atoms with E-state index in [0.29, 0.717) is 0 Å². The van der Waals surface area contributed by atoms with Crippen molar-refractivity contribution in [2.75, 3.05) is 12.4 Å². The summed E-state index contributed by atoms with van der Waals surface area (Å²) >= 11 is 11.7. The van der Waals surface area contributed by atoms with Crippen molar-refractivity contribution < 1.29 is 8.81 Å². The Morgan fingerprint density at radius 3 is 2.72 bits per heavy atom. The largest absolute Gasteiger partial charge is 0.419 e. The van der Waals surface area contributed by atoms with Crippen molar-refractivity contribution in [1.29, 1.82) is 5.26 Å². The topological polar surface area (TPSA) is 61.9 Å². The second kappa shape index (κ2) is 4.84. The number of aromatic nitrogens is 1. The maximum absolute atomic E-state index is 13.3. The lowest BCUT2D eigenvalue weighted by Gasteiger charge is -2.02. The summed E-state index contributed by atoms with van der Waals surface area (Å²) in [6.45, 7) is 0. The van der Waals surface area contributed by atoms with E-state index in [-0.39, 0.29) is 33.1 Å². The molecule has 0 unspecified atom stereocenters. The van der Waals surface area contributed by atoms with Gasteiger partial charge in [0.05, 0.1) is 15.6 Å². The van der Waals surface area contributed by atoms with E-state index < -0.39 is 5.82 Å². The summed E-state index contributed by atoms with van der Waals surface area (Å²) in [6, 6.07) is 4.07. The van der Waals surface area contributed by atoms with Crippen molar-refractivity contribution in [3.05, 3.63) is 33.7 Å². The summed E-state index contributed by atoms with van der Waals surface area (Å²) in [5.74, 6) is -0.353. The fourth-order valence-corrected chi connectivity index (χ4v) is 1.79. The zero-order valence-electron chi connectivity index (χ0n) is 9.09. The van der Waals surface area contributed by atoms with Crippen molar-refractivity contribution in [2.45, 2.75) is 0 Å². The van der Waals surface area contributed by atoms with Crippen molar-refractivity contribution in [3.8, 4) is 17.5 Å². The second-order valence-electron chi connectivity index (χ2n) is 3.31. The fraction of sp³-hybridized carbons (Fsp3) is 0.0909. The molecule has 1 aromatic carbocycles. The first-order valence-corrected chi connectivity index (χ1v) is 5.56. The van der Waals surface area contributed by atoms with E-state index in [1.165, 1.54) is 0 Å². The first kappa shape index (κ1) is 12.7. The molecule has 0 saturated carbocycles. The molecular formula is C11H6Cl2FN3O. The van der Waals surface area contributed by atoms with Gasteiger partial charge in [-0.15, -0.1) is 0 Å². The van der Waals surface area contributed by atoms with Crippen LogP contribution >= 0.6 is 23.2 Å². The van der Waals surface area contributed by atoms with Crippen LogP contribution in [0.3, 0.4) is 0 Å². The number of benzene rings is 1. The van der Waals surface area contributed by atoms with Crippen molar-refractivity contribution in [3.63, 3.8) is 0 Å². The van der Waals surface area contributed by atoms with Crippen molar-refractivity contribution in [2.24, 2.45) is 0 Å². The molecule has 7 heteroatoms. The molecule has 0 saturated heterocycles. The Kier molecular flexibility index (Phi) is 3.41. The Balaban J connectivity index is 2.63. The van der Waals surface area contributed by atoms with Crippen LogP contribution in [0.15, 0.2) is 16.5 Å². The Labute approximate surface area is 112 Å². The van der Waals surface area contributed by atoms with Crippen LogP contribution < -0.4 is 5.32 Å². The molecule has 0 amide bonds. The second-order valence-corrected chi connectivity index (χ2v) is 4.09. The monoisotopic (exact) mass is 285 g/mol. The van der Waals surface area contributed by atoms with E-state index in [1.807, 2.05) is 6.07 Å². The van der Waals surface area contributed by atoms with Crippen LogP contribution in [0.5, 0.6) is 0 Å². The number of nitrogens with zero attached hydrogens (tertiary/aromatic N) is 2. The molecule has 0 bridgehead atoms. The number of rotatable bonds is 2. The number of hydrogen-bond acceptors (Lipinski definition) is 4. The maximum Gasteiger partial charge on any atom is 0.232 e. The average Bonchev–Trinajstić information content (AvgIpc) is 2.76. The van der Waals surface area contributed by atoms with Gasteiger partial charge in [-0.05, 0) is 12.1 Å². The summed E-state index contributed by atoms with van der Waals surface area (Å²) in [7, 11) is 1.57. The molecule has 0 radical (unpaired) electrons. The summed E-state index contributed by atoms with van der Waals surface area (Å²) in [4.78, 5) is 3.91. The highest BCUT2D eigenvalue weighted by atomic mass is 35.5. The molecule has 0 aliphatic carbocycles. The van der Waals surface area contributed by atoms with Crippen LogP contribution in [0.25, 0.3) is 11.5 Å². The minimum Gasteiger partial charge on any atom is -0.419 e. The number of halogens is 3. The SMILES string of the molecule is CNc1oc(-c2cc(F)cc(Cl)c2Cl)nc1C#N. The molecule has 2 rings (SSSR count). The average molecular weight is 286 g/mol. The van der Waals surface area contributed by atoms with E-state index in [2.05, 4.69) is 10.3 Å². The summed E-state index contributed by atoms with van der Waals surface area (Å²) in [6.07, 6.45) is 0. The predicted molar refractivity (Wildman–Crippen MR) is 66.2 cm³/mol. The molecular weight excluding hydrogens is 280 g/mol. The highest BCUT2D eigenvalue weighted by molar-refractivity contribution is 6.43. The molecule has 2 aromatic rings. The molecule has 0 aliphatic heterocycles. The molecule has 1 aromatic heterocycles. The van der Waals surface area contributed by atoms with Gasteiger partial charge in [-0.2, -0.15) is 10.2 Å². The molecule has 0 spiro atoms. The summed E-state index contributed by atoms with van der Waals surface area (Å²) < 4.78 is 18.5. The van der Waals surface area contributed by atoms with Crippen LogP contribution in [0.1, 0.15) is 5.69 Å². The molecule has 1 N–H and O–H groups in total. The Hall–Kier alpha value is -1.77. The zero-order chi connectivity index (χ0) is 13.3. The van der Waals surface area contributed by atoms with Gasteiger partial charge in [0.15, 0.2) is 0 Å². The van der Waals surface area contributed by atoms with Gasteiger partial charge in [-0.25, -0.2) is 4.39 Å². The third-order valence-electron chi connectivity index (χ3n) is 2.18. The Bertz CT molecular complexity index is 648. The van der Waals surface area contributed by atoms with Crippen LogP contribution in [0.4, 0.5) is 10.3 Å². The zero-order valence-corrected chi connectivity index (χ0v) is 10.6. The van der Waals surface area contributed by atoms with Gasteiger partial charge in [-0.3, -0.25) is 0 Å². The van der Waals surface area contributed by atoms with Gasteiger partial charge in [0.25, 0.3) is 0 Å². The van der Waals surface area contributed by atoms with E-state index in [1.54, 1.807) is 7.05 Å². The molecule has 0 aliphatic rings. The van der Waals surface area contributed by atoms with Gasteiger partial charge < -0.3 is 9.73 Å².